The maximum atomic E-state index is 13.1. The molecule has 132 valence electrons. The van der Waals surface area contributed by atoms with Crippen LogP contribution >= 0.6 is 0 Å². The van der Waals surface area contributed by atoms with Crippen LogP contribution in [0, 0.1) is 0 Å². The summed E-state index contributed by atoms with van der Waals surface area (Å²) in [7, 11) is 1.68. The van der Waals surface area contributed by atoms with E-state index in [9.17, 15) is 4.79 Å². The normalized spacial score (nSPS) is 16.3. The van der Waals surface area contributed by atoms with Crippen molar-refractivity contribution in [1.29, 1.82) is 0 Å². The van der Waals surface area contributed by atoms with Crippen molar-refractivity contribution in [3.8, 4) is 0 Å². The van der Waals surface area contributed by atoms with E-state index in [-0.39, 0.29) is 5.78 Å². The molecular formula is C21H25NO3. The summed E-state index contributed by atoms with van der Waals surface area (Å²) in [5.74, 6) is 0.00316. The van der Waals surface area contributed by atoms with Crippen molar-refractivity contribution in [3.63, 3.8) is 0 Å². The van der Waals surface area contributed by atoms with E-state index in [0.29, 0.717) is 13.2 Å². The van der Waals surface area contributed by atoms with Crippen LogP contribution in [-0.2, 0) is 9.47 Å². The highest BCUT2D eigenvalue weighted by molar-refractivity contribution is 6.13. The fourth-order valence-electron chi connectivity index (χ4n) is 3.20. The lowest BCUT2D eigenvalue weighted by Crippen LogP contribution is -2.43. The molecule has 0 saturated carbocycles. The van der Waals surface area contributed by atoms with E-state index >= 15 is 0 Å². The Morgan fingerprint density at radius 2 is 1.80 bits per heavy atom. The van der Waals surface area contributed by atoms with E-state index in [1.54, 1.807) is 13.2 Å². The molecule has 25 heavy (non-hydrogen) atoms. The highest BCUT2D eigenvalue weighted by atomic mass is 16.5. The van der Waals surface area contributed by atoms with Gasteiger partial charge < -0.3 is 14.4 Å². The van der Waals surface area contributed by atoms with Crippen molar-refractivity contribution >= 4 is 16.6 Å². The molecule has 2 aromatic carbocycles. The van der Waals surface area contributed by atoms with Crippen molar-refractivity contribution in [2.75, 3.05) is 33.4 Å². The van der Waals surface area contributed by atoms with E-state index in [2.05, 4.69) is 4.90 Å². The minimum absolute atomic E-state index is 0.00316. The summed E-state index contributed by atoms with van der Waals surface area (Å²) in [6.07, 6.45) is 1.73. The number of ketones is 1. The van der Waals surface area contributed by atoms with Gasteiger partial charge >= 0.3 is 0 Å². The lowest BCUT2D eigenvalue weighted by Gasteiger charge is -2.38. The minimum Gasteiger partial charge on any atom is -0.378 e. The number of carbonyl (C=O) groups excluding carboxylic acids is 1. The third kappa shape index (κ3) is 3.75. The predicted octanol–water partition coefficient (Wildman–Crippen LogP) is 3.66. The summed E-state index contributed by atoms with van der Waals surface area (Å²) in [4.78, 5) is 15.3. The summed E-state index contributed by atoms with van der Waals surface area (Å²) in [5, 5.41) is 2.04. The smallest absolute Gasteiger partial charge is 0.188 e. The summed E-state index contributed by atoms with van der Waals surface area (Å²) in [6.45, 7) is 6.84. The molecule has 4 heteroatoms. The number of hydrogen-bond acceptors (Lipinski definition) is 4. The third-order valence-electron chi connectivity index (χ3n) is 4.80. The Hall–Kier alpha value is -2.17. The molecule has 4 nitrogen and oxygen atoms in total. The summed E-state index contributed by atoms with van der Waals surface area (Å²) < 4.78 is 11.1. The van der Waals surface area contributed by atoms with Gasteiger partial charge in [-0.15, -0.1) is 0 Å². The number of rotatable bonds is 5. The lowest BCUT2D eigenvalue weighted by atomic mass is 9.97. The van der Waals surface area contributed by atoms with E-state index in [1.165, 1.54) is 0 Å². The van der Waals surface area contributed by atoms with E-state index in [1.807, 2.05) is 56.3 Å². The van der Waals surface area contributed by atoms with Gasteiger partial charge in [-0.3, -0.25) is 4.79 Å². The molecule has 1 aliphatic heterocycles. The first-order valence-corrected chi connectivity index (χ1v) is 8.65. The zero-order chi connectivity index (χ0) is 17.9. The number of nitrogens with zero attached hydrogens (tertiary/aromatic N) is 1. The zero-order valence-electron chi connectivity index (χ0n) is 15.1. The van der Waals surface area contributed by atoms with Crippen LogP contribution in [0.2, 0.25) is 0 Å². The molecule has 0 unspecified atom stereocenters. The topological polar surface area (TPSA) is 38.8 Å². The average molecular weight is 339 g/mol. The van der Waals surface area contributed by atoms with Crippen LogP contribution in [0.5, 0.6) is 0 Å². The Morgan fingerprint density at radius 1 is 1.12 bits per heavy atom. The van der Waals surface area contributed by atoms with E-state index in [0.717, 1.165) is 35.1 Å². The van der Waals surface area contributed by atoms with Gasteiger partial charge in [0.2, 0.25) is 0 Å². The standard InChI is InChI=1S/C21H25NO3/c1-21(2,24-3)20(22-11-13-25-14-12-22)15-19(23)18-10-6-8-16-7-4-5-9-17(16)18/h4-10,15H,11-14H2,1-3H3/b20-15-. The zero-order valence-corrected chi connectivity index (χ0v) is 15.1. The summed E-state index contributed by atoms with van der Waals surface area (Å²) in [6, 6.07) is 13.8. The van der Waals surface area contributed by atoms with Crippen LogP contribution < -0.4 is 0 Å². The highest BCUT2D eigenvalue weighted by Gasteiger charge is 2.29. The van der Waals surface area contributed by atoms with Gasteiger partial charge in [-0.2, -0.15) is 0 Å². The number of carbonyl (C=O) groups is 1. The molecule has 1 saturated heterocycles. The molecule has 0 bridgehead atoms. The Kier molecular flexibility index (Phi) is 5.21. The van der Waals surface area contributed by atoms with Crippen LogP contribution in [0.4, 0.5) is 0 Å². The Morgan fingerprint density at radius 3 is 2.52 bits per heavy atom. The van der Waals surface area contributed by atoms with Gasteiger partial charge in [-0.05, 0) is 24.6 Å². The quantitative estimate of drug-likeness (QED) is 0.615. The van der Waals surface area contributed by atoms with E-state index in [4.69, 9.17) is 9.47 Å². The molecule has 0 aromatic heterocycles. The van der Waals surface area contributed by atoms with Crippen LogP contribution in [0.25, 0.3) is 10.8 Å². The van der Waals surface area contributed by atoms with Crippen molar-refractivity contribution in [2.24, 2.45) is 0 Å². The molecule has 0 radical (unpaired) electrons. The molecule has 0 aliphatic carbocycles. The molecule has 2 aromatic rings. The summed E-state index contributed by atoms with van der Waals surface area (Å²) >= 11 is 0. The number of hydrogen-bond donors (Lipinski definition) is 0. The van der Waals surface area contributed by atoms with Crippen molar-refractivity contribution < 1.29 is 14.3 Å². The van der Waals surface area contributed by atoms with Crippen LogP contribution in [-0.4, -0.2) is 49.7 Å². The number of allylic oxidation sites excluding steroid dienone is 1. The van der Waals surface area contributed by atoms with Crippen molar-refractivity contribution in [3.05, 3.63) is 59.8 Å². The van der Waals surface area contributed by atoms with Gasteiger partial charge in [-0.25, -0.2) is 0 Å². The second-order valence-electron chi connectivity index (χ2n) is 6.73. The lowest BCUT2D eigenvalue weighted by molar-refractivity contribution is -0.00182. The van der Waals surface area contributed by atoms with Gasteiger partial charge in [0.25, 0.3) is 0 Å². The Balaban J connectivity index is 2.02. The Labute approximate surface area is 149 Å². The SMILES string of the molecule is COC(C)(C)/C(=C/C(=O)c1cccc2ccccc12)N1CCOCC1. The minimum atomic E-state index is -0.544. The van der Waals surface area contributed by atoms with Crippen molar-refractivity contribution in [1.82, 2.24) is 4.90 Å². The molecule has 0 N–H and O–H groups in total. The second kappa shape index (κ2) is 7.38. The van der Waals surface area contributed by atoms with Crippen LogP contribution in [0.1, 0.15) is 24.2 Å². The van der Waals surface area contributed by atoms with Gasteiger partial charge in [0, 0.05) is 37.5 Å². The number of benzene rings is 2. The fraction of sp³-hybridized carbons (Fsp3) is 0.381. The number of morpholine rings is 1. The highest BCUT2D eigenvalue weighted by Crippen LogP contribution is 2.26. The first-order valence-electron chi connectivity index (χ1n) is 8.65. The second-order valence-corrected chi connectivity index (χ2v) is 6.73. The maximum Gasteiger partial charge on any atom is 0.188 e. The maximum absolute atomic E-state index is 13.1. The Bertz CT molecular complexity index is 783. The van der Waals surface area contributed by atoms with Crippen molar-refractivity contribution in [2.45, 2.75) is 19.4 Å². The van der Waals surface area contributed by atoms with E-state index < -0.39 is 5.60 Å². The molecule has 0 spiro atoms. The molecule has 0 amide bonds. The fourth-order valence-corrected chi connectivity index (χ4v) is 3.20. The van der Waals surface area contributed by atoms with Crippen LogP contribution in [0.15, 0.2) is 54.2 Å². The molecule has 1 heterocycles. The molecule has 1 fully saturated rings. The number of fused-ring (bicyclic) bond motifs is 1. The monoisotopic (exact) mass is 339 g/mol. The first-order chi connectivity index (χ1) is 12.0. The van der Waals surface area contributed by atoms with Gasteiger partial charge in [0.1, 0.15) is 5.60 Å². The predicted molar refractivity (Wildman–Crippen MR) is 99.8 cm³/mol. The van der Waals surface area contributed by atoms with Crippen LogP contribution in [0.3, 0.4) is 0 Å². The van der Waals surface area contributed by atoms with Gasteiger partial charge in [0.15, 0.2) is 5.78 Å². The molecule has 3 rings (SSSR count). The number of methoxy groups -OCH3 is 1. The largest absolute Gasteiger partial charge is 0.378 e. The molecule has 0 atom stereocenters. The third-order valence-corrected chi connectivity index (χ3v) is 4.80. The molecule has 1 aliphatic rings. The number of ether oxygens (including phenoxy) is 2. The molecular weight excluding hydrogens is 314 g/mol. The van der Waals surface area contributed by atoms with Gasteiger partial charge in [-0.1, -0.05) is 42.5 Å². The first kappa shape index (κ1) is 17.6. The summed E-state index contributed by atoms with van der Waals surface area (Å²) in [5.41, 5.74) is 1.07. The average Bonchev–Trinajstić information content (AvgIpc) is 2.66. The van der Waals surface area contributed by atoms with Gasteiger partial charge in [0.05, 0.1) is 13.2 Å².